The van der Waals surface area contributed by atoms with E-state index in [-0.39, 0.29) is 23.0 Å². The lowest BCUT2D eigenvalue weighted by molar-refractivity contribution is -0.0593. The van der Waals surface area contributed by atoms with E-state index < -0.39 is 5.97 Å². The zero-order chi connectivity index (χ0) is 16.6. The van der Waals surface area contributed by atoms with Crippen molar-refractivity contribution >= 4 is 16.9 Å². The summed E-state index contributed by atoms with van der Waals surface area (Å²) in [5.74, 6) is -0.534. The Bertz CT molecular complexity index is 735. The molecule has 3 rings (SSSR count). The minimum Gasteiger partial charge on any atom is -0.461 e. The molecule has 1 aromatic carbocycles. The molecule has 0 spiro atoms. The number of carbonyl (C=O) groups is 1. The summed E-state index contributed by atoms with van der Waals surface area (Å²) < 4.78 is 25.1. The van der Waals surface area contributed by atoms with E-state index in [1.807, 2.05) is 6.07 Å². The van der Waals surface area contributed by atoms with Crippen molar-refractivity contribution in [2.75, 3.05) is 13.2 Å². The van der Waals surface area contributed by atoms with E-state index >= 15 is 0 Å². The number of benzene rings is 1. The van der Waals surface area contributed by atoms with Gasteiger partial charge in [-0.3, -0.25) is 0 Å². The first-order chi connectivity index (χ1) is 10.9. The van der Waals surface area contributed by atoms with Gasteiger partial charge in [0.1, 0.15) is 11.5 Å². The lowest BCUT2D eigenvalue weighted by Crippen LogP contribution is -2.33. The smallest absolute Gasteiger partial charge is 0.354 e. The van der Waals surface area contributed by atoms with Gasteiger partial charge in [-0.1, -0.05) is 0 Å². The SMILES string of the molecule is CCOC(=O)c1cc2cc(C3CCOC(C)(C)C3)cc(F)c2[nH]1. The molecular weight excluding hydrogens is 297 g/mol. The molecule has 1 aliphatic heterocycles. The average Bonchev–Trinajstić information content (AvgIpc) is 2.91. The fourth-order valence-corrected chi connectivity index (χ4v) is 3.29. The predicted octanol–water partition coefficient (Wildman–Crippen LogP) is 4.16. The van der Waals surface area contributed by atoms with E-state index in [1.54, 1.807) is 19.1 Å². The fraction of sp³-hybridized carbons (Fsp3) is 0.500. The number of carbonyl (C=O) groups excluding carboxylic acids is 1. The Morgan fingerprint density at radius 1 is 1.43 bits per heavy atom. The first-order valence-corrected chi connectivity index (χ1v) is 8.03. The quantitative estimate of drug-likeness (QED) is 0.864. The number of hydrogen-bond acceptors (Lipinski definition) is 3. The molecular formula is C18H22FNO3. The molecule has 5 heteroatoms. The van der Waals surface area contributed by atoms with Gasteiger partial charge in [0.05, 0.1) is 17.7 Å². The lowest BCUT2D eigenvalue weighted by atomic mass is 9.83. The van der Waals surface area contributed by atoms with Crippen LogP contribution in [0.3, 0.4) is 0 Å². The normalized spacial score (nSPS) is 20.6. The van der Waals surface area contributed by atoms with Crippen LogP contribution in [-0.2, 0) is 9.47 Å². The maximum absolute atomic E-state index is 14.4. The third kappa shape index (κ3) is 3.24. The molecule has 0 amide bonds. The van der Waals surface area contributed by atoms with Crippen LogP contribution in [0.15, 0.2) is 18.2 Å². The highest BCUT2D eigenvalue weighted by atomic mass is 19.1. The van der Waals surface area contributed by atoms with Gasteiger partial charge < -0.3 is 14.5 Å². The van der Waals surface area contributed by atoms with Crippen molar-refractivity contribution in [1.29, 1.82) is 0 Å². The largest absolute Gasteiger partial charge is 0.461 e. The molecule has 0 radical (unpaired) electrons. The minimum absolute atomic E-state index is 0.192. The van der Waals surface area contributed by atoms with E-state index in [2.05, 4.69) is 18.8 Å². The molecule has 124 valence electrons. The summed E-state index contributed by atoms with van der Waals surface area (Å²) in [4.78, 5) is 14.6. The number of aromatic amines is 1. The van der Waals surface area contributed by atoms with Gasteiger partial charge in [-0.05, 0) is 63.3 Å². The summed E-state index contributed by atoms with van der Waals surface area (Å²) in [6.45, 7) is 6.83. The molecule has 1 atom stereocenters. The Hall–Kier alpha value is -1.88. The molecule has 1 N–H and O–H groups in total. The van der Waals surface area contributed by atoms with Gasteiger partial charge in [-0.2, -0.15) is 0 Å². The summed E-state index contributed by atoms with van der Waals surface area (Å²) in [6.07, 6.45) is 1.73. The first kappa shape index (κ1) is 16.0. The van der Waals surface area contributed by atoms with Gasteiger partial charge in [-0.15, -0.1) is 0 Å². The third-order valence-corrected chi connectivity index (χ3v) is 4.37. The second-order valence-electron chi connectivity index (χ2n) is 6.67. The zero-order valence-electron chi connectivity index (χ0n) is 13.7. The number of aromatic nitrogens is 1. The minimum atomic E-state index is -0.461. The molecule has 1 fully saturated rings. The third-order valence-electron chi connectivity index (χ3n) is 4.37. The maximum Gasteiger partial charge on any atom is 0.354 e. The van der Waals surface area contributed by atoms with Crippen LogP contribution in [-0.4, -0.2) is 29.8 Å². The summed E-state index contributed by atoms with van der Waals surface area (Å²) in [5, 5.41) is 0.701. The van der Waals surface area contributed by atoms with E-state index in [0.29, 0.717) is 24.1 Å². The second-order valence-corrected chi connectivity index (χ2v) is 6.67. The van der Waals surface area contributed by atoms with Crippen LogP contribution in [0.2, 0.25) is 0 Å². The first-order valence-electron chi connectivity index (χ1n) is 8.03. The fourth-order valence-electron chi connectivity index (χ4n) is 3.29. The van der Waals surface area contributed by atoms with Crippen LogP contribution in [0.4, 0.5) is 4.39 Å². The summed E-state index contributed by atoms with van der Waals surface area (Å²) in [6, 6.07) is 5.19. The highest BCUT2D eigenvalue weighted by Gasteiger charge is 2.30. The van der Waals surface area contributed by atoms with Crippen LogP contribution in [0, 0.1) is 5.82 Å². The average molecular weight is 319 g/mol. The number of halogens is 1. The molecule has 4 nitrogen and oxygen atoms in total. The molecule has 2 aromatic rings. The summed E-state index contributed by atoms with van der Waals surface area (Å²) in [5.41, 5.74) is 1.40. The summed E-state index contributed by atoms with van der Waals surface area (Å²) in [7, 11) is 0. The van der Waals surface area contributed by atoms with Crippen LogP contribution in [0.5, 0.6) is 0 Å². The molecule has 1 saturated heterocycles. The Morgan fingerprint density at radius 3 is 2.91 bits per heavy atom. The molecule has 2 heterocycles. The highest BCUT2D eigenvalue weighted by molar-refractivity contribution is 5.95. The molecule has 23 heavy (non-hydrogen) atoms. The number of hydrogen-bond donors (Lipinski definition) is 1. The van der Waals surface area contributed by atoms with Gasteiger partial charge in [0.2, 0.25) is 0 Å². The lowest BCUT2D eigenvalue weighted by Gasteiger charge is -2.35. The predicted molar refractivity (Wildman–Crippen MR) is 86.2 cm³/mol. The van der Waals surface area contributed by atoms with Crippen LogP contribution >= 0.6 is 0 Å². The van der Waals surface area contributed by atoms with Gasteiger partial charge in [0, 0.05) is 12.0 Å². The number of H-pyrrole nitrogens is 1. The molecule has 0 bridgehead atoms. The van der Waals surface area contributed by atoms with Gasteiger partial charge in [-0.25, -0.2) is 9.18 Å². The Balaban J connectivity index is 1.95. The Labute approximate surface area is 135 Å². The van der Waals surface area contributed by atoms with Crippen LogP contribution in [0.1, 0.15) is 55.6 Å². The molecule has 0 saturated carbocycles. The highest BCUT2D eigenvalue weighted by Crippen LogP contribution is 2.37. The van der Waals surface area contributed by atoms with E-state index in [9.17, 15) is 9.18 Å². The van der Waals surface area contributed by atoms with Crippen molar-refractivity contribution in [3.05, 3.63) is 35.3 Å². The van der Waals surface area contributed by atoms with Gasteiger partial charge in [0.25, 0.3) is 0 Å². The van der Waals surface area contributed by atoms with Crippen molar-refractivity contribution in [3.63, 3.8) is 0 Å². The monoisotopic (exact) mass is 319 g/mol. The van der Waals surface area contributed by atoms with Crippen molar-refractivity contribution in [2.45, 2.75) is 45.1 Å². The van der Waals surface area contributed by atoms with Crippen LogP contribution < -0.4 is 0 Å². The number of ether oxygens (including phenoxy) is 2. The molecule has 1 aromatic heterocycles. The molecule has 1 unspecified atom stereocenters. The van der Waals surface area contributed by atoms with E-state index in [0.717, 1.165) is 18.4 Å². The standard InChI is InChI=1S/C18H22FNO3/c1-4-22-17(21)15-9-13-7-12(8-14(19)16(13)20-15)11-5-6-23-18(2,3)10-11/h7-9,11,20H,4-6,10H2,1-3H3. The van der Waals surface area contributed by atoms with Crippen molar-refractivity contribution in [1.82, 2.24) is 4.98 Å². The number of rotatable bonds is 3. The number of fused-ring (bicyclic) bond motifs is 1. The maximum atomic E-state index is 14.4. The Morgan fingerprint density at radius 2 is 2.22 bits per heavy atom. The summed E-state index contributed by atoms with van der Waals surface area (Å²) >= 11 is 0. The molecule has 1 aliphatic rings. The Kier molecular flexibility index (Phi) is 4.15. The second kappa shape index (κ2) is 5.96. The van der Waals surface area contributed by atoms with Crippen LogP contribution in [0.25, 0.3) is 10.9 Å². The van der Waals surface area contributed by atoms with E-state index in [1.165, 1.54) is 0 Å². The zero-order valence-corrected chi connectivity index (χ0v) is 13.7. The van der Waals surface area contributed by atoms with Gasteiger partial charge in [0.15, 0.2) is 0 Å². The van der Waals surface area contributed by atoms with E-state index in [4.69, 9.17) is 9.47 Å². The topological polar surface area (TPSA) is 51.3 Å². The molecule has 0 aliphatic carbocycles. The van der Waals surface area contributed by atoms with Crippen molar-refractivity contribution in [3.8, 4) is 0 Å². The van der Waals surface area contributed by atoms with Gasteiger partial charge >= 0.3 is 5.97 Å². The van der Waals surface area contributed by atoms with Crippen molar-refractivity contribution < 1.29 is 18.7 Å². The number of nitrogens with one attached hydrogen (secondary N) is 1. The number of esters is 1. The van der Waals surface area contributed by atoms with Crippen molar-refractivity contribution in [2.24, 2.45) is 0 Å².